The minimum atomic E-state index is -0.437. The fourth-order valence-electron chi connectivity index (χ4n) is 3.25. The summed E-state index contributed by atoms with van der Waals surface area (Å²) >= 11 is 0. The molecular weight excluding hydrogens is 372 g/mol. The van der Waals surface area contributed by atoms with E-state index < -0.39 is 5.63 Å². The topological polar surface area (TPSA) is 88.8 Å². The normalized spacial score (nSPS) is 13.7. The first-order chi connectivity index (χ1) is 14.1. The number of amides is 2. The van der Waals surface area contributed by atoms with Gasteiger partial charge in [0.1, 0.15) is 11.3 Å². The number of carbonyl (C=O) groups excluding carboxylic acids is 2. The van der Waals surface area contributed by atoms with E-state index in [1.165, 1.54) is 6.07 Å². The van der Waals surface area contributed by atoms with Crippen LogP contribution < -0.4 is 20.6 Å². The molecular formula is C22H20N2O5. The number of anilines is 1. The number of benzene rings is 2. The van der Waals surface area contributed by atoms with Crippen LogP contribution in [0.5, 0.6) is 5.75 Å². The lowest BCUT2D eigenvalue weighted by molar-refractivity contribution is -0.123. The number of nitrogens with one attached hydrogen (secondary N) is 1. The van der Waals surface area contributed by atoms with E-state index in [-0.39, 0.29) is 18.4 Å². The summed E-state index contributed by atoms with van der Waals surface area (Å²) in [5, 5.41) is 3.57. The molecule has 0 bridgehead atoms. The molecule has 3 aromatic rings. The fraction of sp³-hybridized carbons (Fsp3) is 0.227. The van der Waals surface area contributed by atoms with Crippen molar-refractivity contribution in [2.24, 2.45) is 0 Å². The van der Waals surface area contributed by atoms with Crippen LogP contribution in [0.25, 0.3) is 11.0 Å². The van der Waals surface area contributed by atoms with E-state index in [0.717, 1.165) is 29.6 Å². The molecule has 0 spiro atoms. The molecule has 2 amide bonds. The third-order valence-corrected chi connectivity index (χ3v) is 4.78. The zero-order chi connectivity index (χ0) is 20.2. The fourth-order valence-corrected chi connectivity index (χ4v) is 3.25. The van der Waals surface area contributed by atoms with Crippen LogP contribution >= 0.6 is 0 Å². The second-order valence-electron chi connectivity index (χ2n) is 6.83. The van der Waals surface area contributed by atoms with E-state index in [0.29, 0.717) is 24.3 Å². The maximum absolute atomic E-state index is 12.1. The zero-order valence-electron chi connectivity index (χ0n) is 15.7. The summed E-state index contributed by atoms with van der Waals surface area (Å²) in [5.74, 6) is 0.330. The Hall–Kier alpha value is -3.61. The SMILES string of the molecule is O=C(COc1ccc2ccc(=O)oc2c1)NCc1ccc(N2CCCC2=O)cc1. The molecule has 148 valence electrons. The van der Waals surface area contributed by atoms with Crippen LogP contribution in [0.2, 0.25) is 0 Å². The summed E-state index contributed by atoms with van der Waals surface area (Å²) in [6.07, 6.45) is 1.49. The molecule has 7 heteroatoms. The second-order valence-corrected chi connectivity index (χ2v) is 6.83. The van der Waals surface area contributed by atoms with Crippen molar-refractivity contribution < 1.29 is 18.7 Å². The Kier molecular flexibility index (Phi) is 5.29. The van der Waals surface area contributed by atoms with Gasteiger partial charge in [0, 0.05) is 42.7 Å². The van der Waals surface area contributed by atoms with Gasteiger partial charge in [-0.05, 0) is 42.3 Å². The number of rotatable bonds is 6. The van der Waals surface area contributed by atoms with Gasteiger partial charge in [-0.25, -0.2) is 4.79 Å². The molecule has 0 radical (unpaired) electrons. The Morgan fingerprint density at radius 2 is 1.86 bits per heavy atom. The molecule has 4 rings (SSSR count). The van der Waals surface area contributed by atoms with E-state index in [2.05, 4.69) is 5.32 Å². The van der Waals surface area contributed by atoms with E-state index in [4.69, 9.17) is 9.15 Å². The van der Waals surface area contributed by atoms with Crippen LogP contribution in [-0.4, -0.2) is 25.0 Å². The first kappa shape index (κ1) is 18.7. The lowest BCUT2D eigenvalue weighted by Crippen LogP contribution is -2.28. The zero-order valence-corrected chi connectivity index (χ0v) is 15.7. The average molecular weight is 392 g/mol. The maximum atomic E-state index is 12.1. The van der Waals surface area contributed by atoms with Crippen molar-refractivity contribution in [1.82, 2.24) is 5.32 Å². The van der Waals surface area contributed by atoms with Gasteiger partial charge in [-0.1, -0.05) is 12.1 Å². The minimum absolute atomic E-state index is 0.149. The standard InChI is InChI=1S/C22H20N2O5/c25-20(14-28-18-9-5-16-6-10-22(27)29-19(16)12-18)23-13-15-3-7-17(8-4-15)24-11-1-2-21(24)26/h3-10,12H,1-2,11,13-14H2,(H,23,25). The van der Waals surface area contributed by atoms with Gasteiger partial charge >= 0.3 is 5.63 Å². The van der Waals surface area contributed by atoms with E-state index >= 15 is 0 Å². The van der Waals surface area contributed by atoms with Crippen LogP contribution in [0.3, 0.4) is 0 Å². The molecule has 1 aliphatic rings. The third kappa shape index (κ3) is 4.45. The summed E-state index contributed by atoms with van der Waals surface area (Å²) in [5.41, 5.74) is 1.79. The Bertz CT molecular complexity index is 1100. The summed E-state index contributed by atoms with van der Waals surface area (Å²) in [6.45, 7) is 0.969. The average Bonchev–Trinajstić information content (AvgIpc) is 3.16. The van der Waals surface area contributed by atoms with Gasteiger partial charge < -0.3 is 19.4 Å². The van der Waals surface area contributed by atoms with Crippen LogP contribution in [0.4, 0.5) is 5.69 Å². The number of fused-ring (bicyclic) bond motifs is 1. The van der Waals surface area contributed by atoms with Crippen LogP contribution in [0.1, 0.15) is 18.4 Å². The predicted octanol–water partition coefficient (Wildman–Crippen LogP) is 2.62. The quantitative estimate of drug-likeness (QED) is 0.652. The van der Waals surface area contributed by atoms with E-state index in [1.54, 1.807) is 29.2 Å². The molecule has 0 atom stereocenters. The predicted molar refractivity (Wildman–Crippen MR) is 108 cm³/mol. The summed E-state index contributed by atoms with van der Waals surface area (Å²) < 4.78 is 10.6. The van der Waals surface area contributed by atoms with Crippen molar-refractivity contribution in [3.05, 3.63) is 70.6 Å². The highest BCUT2D eigenvalue weighted by molar-refractivity contribution is 5.95. The van der Waals surface area contributed by atoms with Gasteiger partial charge in [-0.3, -0.25) is 9.59 Å². The Balaban J connectivity index is 1.29. The molecule has 1 aliphatic heterocycles. The molecule has 2 aromatic carbocycles. The molecule has 29 heavy (non-hydrogen) atoms. The van der Waals surface area contributed by atoms with Crippen LogP contribution in [0.15, 0.2) is 63.8 Å². The van der Waals surface area contributed by atoms with Crippen molar-refractivity contribution in [2.75, 3.05) is 18.1 Å². The Morgan fingerprint density at radius 3 is 2.62 bits per heavy atom. The van der Waals surface area contributed by atoms with Crippen LogP contribution in [-0.2, 0) is 16.1 Å². The second kappa shape index (κ2) is 8.18. The van der Waals surface area contributed by atoms with Crippen LogP contribution in [0, 0.1) is 0 Å². The number of carbonyl (C=O) groups is 2. The van der Waals surface area contributed by atoms with E-state index in [1.807, 2.05) is 24.3 Å². The highest BCUT2D eigenvalue weighted by atomic mass is 16.5. The maximum Gasteiger partial charge on any atom is 0.336 e. The smallest absolute Gasteiger partial charge is 0.336 e. The molecule has 0 saturated carbocycles. The summed E-state index contributed by atoms with van der Waals surface area (Å²) in [7, 11) is 0. The number of hydrogen-bond donors (Lipinski definition) is 1. The van der Waals surface area contributed by atoms with Crippen molar-refractivity contribution in [1.29, 1.82) is 0 Å². The number of nitrogens with zero attached hydrogens (tertiary/aromatic N) is 1. The third-order valence-electron chi connectivity index (χ3n) is 4.78. The Morgan fingerprint density at radius 1 is 1.07 bits per heavy atom. The van der Waals surface area contributed by atoms with Crippen molar-refractivity contribution in [2.45, 2.75) is 19.4 Å². The van der Waals surface area contributed by atoms with Crippen molar-refractivity contribution >= 4 is 28.5 Å². The molecule has 0 unspecified atom stereocenters. The minimum Gasteiger partial charge on any atom is -0.484 e. The molecule has 2 heterocycles. The van der Waals surface area contributed by atoms with Crippen molar-refractivity contribution in [3.63, 3.8) is 0 Å². The first-order valence-electron chi connectivity index (χ1n) is 9.41. The number of ether oxygens (including phenoxy) is 1. The van der Waals surface area contributed by atoms with Gasteiger partial charge in [0.05, 0.1) is 0 Å². The molecule has 0 aliphatic carbocycles. The molecule has 1 saturated heterocycles. The molecule has 1 N–H and O–H groups in total. The largest absolute Gasteiger partial charge is 0.484 e. The first-order valence-corrected chi connectivity index (χ1v) is 9.41. The Labute approximate surface area is 166 Å². The lowest BCUT2D eigenvalue weighted by atomic mass is 10.2. The molecule has 7 nitrogen and oxygen atoms in total. The molecule has 1 fully saturated rings. The van der Waals surface area contributed by atoms with Gasteiger partial charge in [0.2, 0.25) is 5.91 Å². The summed E-state index contributed by atoms with van der Waals surface area (Å²) in [4.78, 5) is 36.9. The number of hydrogen-bond acceptors (Lipinski definition) is 5. The van der Waals surface area contributed by atoms with E-state index in [9.17, 15) is 14.4 Å². The van der Waals surface area contributed by atoms with Gasteiger partial charge in [-0.2, -0.15) is 0 Å². The summed E-state index contributed by atoms with van der Waals surface area (Å²) in [6, 6.07) is 15.7. The monoisotopic (exact) mass is 392 g/mol. The van der Waals surface area contributed by atoms with Gasteiger partial charge in [0.15, 0.2) is 6.61 Å². The highest BCUT2D eigenvalue weighted by Gasteiger charge is 2.21. The van der Waals surface area contributed by atoms with Gasteiger partial charge in [-0.15, -0.1) is 0 Å². The van der Waals surface area contributed by atoms with Gasteiger partial charge in [0.25, 0.3) is 5.91 Å². The highest BCUT2D eigenvalue weighted by Crippen LogP contribution is 2.22. The molecule has 1 aromatic heterocycles. The lowest BCUT2D eigenvalue weighted by Gasteiger charge is -2.16. The van der Waals surface area contributed by atoms with Crippen molar-refractivity contribution in [3.8, 4) is 5.75 Å².